The third kappa shape index (κ3) is 4.60. The van der Waals surface area contributed by atoms with Gasteiger partial charge in [-0.05, 0) is 60.8 Å². The highest BCUT2D eigenvalue weighted by Gasteiger charge is 2.52. The van der Waals surface area contributed by atoms with E-state index in [9.17, 15) is 22.8 Å². The first-order chi connectivity index (χ1) is 20.0. The number of anilines is 1. The number of nitrogens with one attached hydrogen (secondary N) is 2. The Kier molecular flexibility index (Phi) is 6.97. The van der Waals surface area contributed by atoms with Crippen LogP contribution in [0.1, 0.15) is 50.8 Å². The van der Waals surface area contributed by atoms with Gasteiger partial charge in [-0.3, -0.25) is 9.59 Å². The number of hydrogen-bond acceptors (Lipinski definition) is 8. The lowest BCUT2D eigenvalue weighted by molar-refractivity contribution is -0.139. The van der Waals surface area contributed by atoms with Gasteiger partial charge in [-0.1, -0.05) is 30.3 Å². The first kappa shape index (κ1) is 28.2. The number of rotatable bonds is 5. The standard InChI is InChI=1S/C30H28F3N5O3S/c31-30(32,33)20-13-17(41-16-6-2-1-3-7-16)8-9-18(20)29(36)19-10-11-21(34)25-22(19)23(24(35)27(29)39)26(42-25)28(40)38-15-5-4-12-37-14-15/h1-3,6-11,13,15,24,37H,4-5,12,14,34-36H2,(H,38,40). The zero-order valence-electron chi connectivity index (χ0n) is 22.3. The van der Waals surface area contributed by atoms with E-state index in [-0.39, 0.29) is 27.8 Å². The Hall–Kier alpha value is -3.97. The van der Waals surface area contributed by atoms with Crippen LogP contribution in [-0.4, -0.2) is 30.8 Å². The third-order valence-electron chi connectivity index (χ3n) is 7.85. The SMILES string of the molecule is Nc1ccc2c3c(c(C(=O)NC4CCCNC4)sc13)C(N)C(=O)C2(N)c1ccc(Oc2ccccc2)cc1C(F)(F)F. The van der Waals surface area contributed by atoms with Gasteiger partial charge in [-0.25, -0.2) is 0 Å². The number of hydrogen-bond donors (Lipinski definition) is 5. The fourth-order valence-electron chi connectivity index (χ4n) is 5.84. The molecule has 3 aromatic carbocycles. The van der Waals surface area contributed by atoms with Crippen LogP contribution >= 0.6 is 11.3 Å². The summed E-state index contributed by atoms with van der Waals surface area (Å²) in [5.74, 6) is -1.02. The summed E-state index contributed by atoms with van der Waals surface area (Å²) in [6, 6.07) is 13.0. The number of benzene rings is 3. The van der Waals surface area contributed by atoms with E-state index >= 15 is 0 Å². The number of alkyl halides is 3. The Morgan fingerprint density at radius 2 is 1.81 bits per heavy atom. The molecule has 1 amide bonds. The first-order valence-electron chi connectivity index (χ1n) is 13.4. The fourth-order valence-corrected chi connectivity index (χ4v) is 7.05. The van der Waals surface area contributed by atoms with Gasteiger partial charge in [0.2, 0.25) is 0 Å². The van der Waals surface area contributed by atoms with E-state index in [2.05, 4.69) is 10.6 Å². The highest BCUT2D eigenvalue weighted by Crippen LogP contribution is 2.51. The van der Waals surface area contributed by atoms with Gasteiger partial charge in [0.1, 0.15) is 17.0 Å². The lowest BCUT2D eigenvalue weighted by atomic mass is 9.69. The molecular weight excluding hydrogens is 567 g/mol. The number of amides is 1. The van der Waals surface area contributed by atoms with E-state index in [1.807, 2.05) is 0 Å². The minimum Gasteiger partial charge on any atom is -0.457 e. The summed E-state index contributed by atoms with van der Waals surface area (Å²) in [5.41, 5.74) is 16.2. The van der Waals surface area contributed by atoms with Crippen molar-refractivity contribution in [3.8, 4) is 11.5 Å². The summed E-state index contributed by atoms with van der Waals surface area (Å²) in [6.07, 6.45) is -3.21. The van der Waals surface area contributed by atoms with Crippen LogP contribution < -0.4 is 32.6 Å². The largest absolute Gasteiger partial charge is 0.457 e. The zero-order chi connectivity index (χ0) is 29.8. The lowest BCUT2D eigenvalue weighted by Gasteiger charge is -2.38. The summed E-state index contributed by atoms with van der Waals surface area (Å²) in [6.45, 7) is 1.46. The number of thiophene rings is 1. The third-order valence-corrected chi connectivity index (χ3v) is 9.11. The number of nitrogen functional groups attached to an aromatic ring is 1. The molecule has 42 heavy (non-hydrogen) atoms. The van der Waals surface area contributed by atoms with E-state index in [4.69, 9.17) is 21.9 Å². The normalized spacial score (nSPS) is 22.3. The molecule has 4 aromatic rings. The molecule has 0 bridgehead atoms. The van der Waals surface area contributed by atoms with E-state index in [0.717, 1.165) is 42.9 Å². The van der Waals surface area contributed by atoms with Crippen LogP contribution in [0.25, 0.3) is 10.1 Å². The van der Waals surface area contributed by atoms with Crippen LogP contribution in [0.15, 0.2) is 60.7 Å². The van der Waals surface area contributed by atoms with E-state index < -0.39 is 40.6 Å². The number of nitrogens with two attached hydrogens (primary N) is 3. The van der Waals surface area contributed by atoms with Gasteiger partial charge in [0.15, 0.2) is 5.78 Å². The second kappa shape index (κ2) is 10.4. The predicted molar refractivity (Wildman–Crippen MR) is 154 cm³/mol. The molecular formula is C30H28F3N5O3S. The maximum absolute atomic E-state index is 14.6. The van der Waals surface area contributed by atoms with Crippen LogP contribution in [0, 0.1) is 0 Å². The van der Waals surface area contributed by atoms with Gasteiger partial charge in [-0.15, -0.1) is 11.3 Å². The smallest absolute Gasteiger partial charge is 0.416 e. The quantitative estimate of drug-likeness (QED) is 0.213. The number of Topliss-reactive ketones (excluding diaryl/α,β-unsaturated/α-hetero) is 1. The Morgan fingerprint density at radius 1 is 1.07 bits per heavy atom. The molecule has 0 radical (unpaired) electrons. The number of para-hydroxylation sites is 1. The molecule has 1 aromatic heterocycles. The molecule has 1 aliphatic carbocycles. The molecule has 12 heteroatoms. The Bertz CT molecular complexity index is 1700. The van der Waals surface area contributed by atoms with E-state index in [1.165, 1.54) is 18.2 Å². The zero-order valence-corrected chi connectivity index (χ0v) is 23.1. The molecule has 1 aliphatic heterocycles. The minimum atomic E-state index is -4.89. The molecule has 3 unspecified atom stereocenters. The molecule has 1 fully saturated rings. The monoisotopic (exact) mass is 595 g/mol. The van der Waals surface area contributed by atoms with E-state index in [1.54, 1.807) is 30.3 Å². The fraction of sp³-hybridized carbons (Fsp3) is 0.267. The highest BCUT2D eigenvalue weighted by atomic mass is 32.1. The minimum absolute atomic E-state index is 0.0803. The average Bonchev–Trinajstić information content (AvgIpc) is 3.38. The van der Waals surface area contributed by atoms with Crippen molar-refractivity contribution < 1.29 is 27.5 Å². The second-order valence-electron chi connectivity index (χ2n) is 10.5. The molecule has 8 nitrogen and oxygen atoms in total. The average molecular weight is 596 g/mol. The van der Waals surface area contributed by atoms with Crippen molar-refractivity contribution in [2.45, 2.75) is 36.6 Å². The Labute approximate surface area is 243 Å². The van der Waals surface area contributed by atoms with Crippen molar-refractivity contribution in [3.63, 3.8) is 0 Å². The van der Waals surface area contributed by atoms with Crippen LogP contribution in [0.2, 0.25) is 0 Å². The van der Waals surface area contributed by atoms with Crippen molar-refractivity contribution >= 4 is 38.8 Å². The maximum atomic E-state index is 14.6. The van der Waals surface area contributed by atoms with Gasteiger partial charge in [0.05, 0.1) is 21.2 Å². The molecule has 1 saturated heterocycles. The molecule has 8 N–H and O–H groups in total. The number of carbonyl (C=O) groups excluding carboxylic acids is 2. The van der Waals surface area contributed by atoms with Gasteiger partial charge in [0, 0.05) is 29.2 Å². The van der Waals surface area contributed by atoms with Crippen molar-refractivity contribution in [3.05, 3.63) is 87.8 Å². The number of ether oxygens (including phenoxy) is 1. The van der Waals surface area contributed by atoms with Crippen LogP contribution in [0.5, 0.6) is 11.5 Å². The number of halogens is 3. The highest BCUT2D eigenvalue weighted by molar-refractivity contribution is 7.21. The van der Waals surface area contributed by atoms with Gasteiger partial charge >= 0.3 is 6.18 Å². The number of piperidine rings is 1. The van der Waals surface area contributed by atoms with Gasteiger partial charge < -0.3 is 32.6 Å². The van der Waals surface area contributed by atoms with Crippen molar-refractivity contribution in [2.24, 2.45) is 11.5 Å². The van der Waals surface area contributed by atoms with Crippen LogP contribution in [0.4, 0.5) is 18.9 Å². The number of carbonyl (C=O) groups is 2. The van der Waals surface area contributed by atoms with Crippen molar-refractivity contribution in [2.75, 3.05) is 18.8 Å². The summed E-state index contributed by atoms with van der Waals surface area (Å²) < 4.78 is 49.8. The number of ketones is 1. The molecule has 2 heterocycles. The summed E-state index contributed by atoms with van der Waals surface area (Å²) >= 11 is 1.05. The topological polar surface area (TPSA) is 145 Å². The summed E-state index contributed by atoms with van der Waals surface area (Å²) in [4.78, 5) is 27.7. The Balaban J connectivity index is 1.50. The van der Waals surface area contributed by atoms with Crippen molar-refractivity contribution in [1.82, 2.24) is 10.6 Å². The molecule has 6 rings (SSSR count). The predicted octanol–water partition coefficient (Wildman–Crippen LogP) is 4.56. The van der Waals surface area contributed by atoms with Crippen LogP contribution in [0.3, 0.4) is 0 Å². The van der Waals surface area contributed by atoms with Gasteiger partial charge in [-0.2, -0.15) is 13.2 Å². The molecule has 218 valence electrons. The Morgan fingerprint density at radius 3 is 2.50 bits per heavy atom. The van der Waals surface area contributed by atoms with Crippen molar-refractivity contribution in [1.29, 1.82) is 0 Å². The summed E-state index contributed by atoms with van der Waals surface area (Å²) in [5, 5.41) is 6.55. The van der Waals surface area contributed by atoms with E-state index in [0.29, 0.717) is 28.1 Å². The van der Waals surface area contributed by atoms with Gasteiger partial charge in [0.25, 0.3) is 5.91 Å². The summed E-state index contributed by atoms with van der Waals surface area (Å²) in [7, 11) is 0. The molecule has 0 saturated carbocycles. The molecule has 3 atom stereocenters. The lowest BCUT2D eigenvalue weighted by Crippen LogP contribution is -2.53. The maximum Gasteiger partial charge on any atom is 0.416 e. The second-order valence-corrected chi connectivity index (χ2v) is 11.6. The first-order valence-corrected chi connectivity index (χ1v) is 14.2. The van der Waals surface area contributed by atoms with Crippen LogP contribution in [-0.2, 0) is 16.5 Å². The molecule has 0 spiro atoms. The molecule has 2 aliphatic rings.